The lowest BCUT2D eigenvalue weighted by atomic mass is 10.1. The zero-order chi connectivity index (χ0) is 11.3. The van der Waals surface area contributed by atoms with Gasteiger partial charge in [-0.15, -0.1) is 0 Å². The van der Waals surface area contributed by atoms with E-state index in [1.807, 2.05) is 0 Å². The molecule has 0 saturated heterocycles. The summed E-state index contributed by atoms with van der Waals surface area (Å²) in [6.07, 6.45) is 0.640. The fraction of sp³-hybridized carbons (Fsp3) is 0.100. The summed E-state index contributed by atoms with van der Waals surface area (Å²) >= 11 is 0. The van der Waals surface area contributed by atoms with E-state index in [-0.39, 0.29) is 5.57 Å². The molecule has 1 aromatic rings. The van der Waals surface area contributed by atoms with Crippen LogP contribution in [0.15, 0.2) is 36.5 Å². The SMILES string of the molecule is COC(=O)/C(=C/[N+](=O)[O-])c1ccccc1. The highest BCUT2D eigenvalue weighted by Crippen LogP contribution is 2.15. The largest absolute Gasteiger partial charge is 0.465 e. The highest BCUT2D eigenvalue weighted by Gasteiger charge is 2.15. The van der Waals surface area contributed by atoms with Crippen molar-refractivity contribution in [3.8, 4) is 0 Å². The lowest BCUT2D eigenvalue weighted by Gasteiger charge is -2.01. The van der Waals surface area contributed by atoms with Crippen molar-refractivity contribution >= 4 is 11.5 Å². The van der Waals surface area contributed by atoms with E-state index in [9.17, 15) is 14.9 Å². The maximum absolute atomic E-state index is 11.3. The van der Waals surface area contributed by atoms with E-state index in [2.05, 4.69) is 4.74 Å². The Bertz CT molecular complexity index is 397. The van der Waals surface area contributed by atoms with Gasteiger partial charge in [0.1, 0.15) is 5.57 Å². The molecule has 0 aliphatic heterocycles. The molecule has 0 spiro atoms. The van der Waals surface area contributed by atoms with Gasteiger partial charge >= 0.3 is 5.97 Å². The van der Waals surface area contributed by atoms with Crippen LogP contribution >= 0.6 is 0 Å². The van der Waals surface area contributed by atoms with E-state index in [0.717, 1.165) is 0 Å². The summed E-state index contributed by atoms with van der Waals surface area (Å²) in [6.45, 7) is 0. The standard InChI is InChI=1S/C10H9NO4/c1-15-10(12)9(7-11(13)14)8-5-3-2-4-6-8/h2-7H,1H3/b9-7+. The van der Waals surface area contributed by atoms with Gasteiger partial charge in [0.2, 0.25) is 6.20 Å². The van der Waals surface area contributed by atoms with E-state index < -0.39 is 10.9 Å². The summed E-state index contributed by atoms with van der Waals surface area (Å²) < 4.78 is 4.46. The monoisotopic (exact) mass is 207 g/mol. The van der Waals surface area contributed by atoms with Crippen LogP contribution in [0.5, 0.6) is 0 Å². The van der Waals surface area contributed by atoms with Crippen molar-refractivity contribution in [1.29, 1.82) is 0 Å². The molecular weight excluding hydrogens is 198 g/mol. The van der Waals surface area contributed by atoms with Crippen molar-refractivity contribution in [3.05, 3.63) is 52.2 Å². The third-order valence-electron chi connectivity index (χ3n) is 1.72. The van der Waals surface area contributed by atoms with Gasteiger partial charge in [0, 0.05) is 0 Å². The molecule has 0 fully saturated rings. The van der Waals surface area contributed by atoms with Crippen LogP contribution in [0, 0.1) is 10.1 Å². The maximum Gasteiger partial charge on any atom is 0.344 e. The Morgan fingerprint density at radius 2 is 2.00 bits per heavy atom. The zero-order valence-electron chi connectivity index (χ0n) is 8.04. The number of nitrogens with zero attached hydrogens (tertiary/aromatic N) is 1. The highest BCUT2D eigenvalue weighted by atomic mass is 16.6. The number of esters is 1. The van der Waals surface area contributed by atoms with Crippen LogP contribution in [0.2, 0.25) is 0 Å². The average Bonchev–Trinajstić information content (AvgIpc) is 2.26. The van der Waals surface area contributed by atoms with Crippen LogP contribution < -0.4 is 0 Å². The average molecular weight is 207 g/mol. The third kappa shape index (κ3) is 2.91. The molecule has 0 N–H and O–H groups in total. The Kier molecular flexibility index (Phi) is 3.56. The molecule has 0 amide bonds. The number of carbonyl (C=O) groups is 1. The first-order valence-corrected chi connectivity index (χ1v) is 4.14. The number of hydrogen-bond acceptors (Lipinski definition) is 4. The van der Waals surface area contributed by atoms with Crippen LogP contribution in [-0.4, -0.2) is 18.0 Å². The molecule has 0 aromatic heterocycles. The summed E-state index contributed by atoms with van der Waals surface area (Å²) in [6, 6.07) is 8.33. The molecule has 0 aliphatic rings. The molecule has 0 saturated carbocycles. The van der Waals surface area contributed by atoms with Crippen LogP contribution in [0.1, 0.15) is 5.56 Å². The minimum atomic E-state index is -0.724. The summed E-state index contributed by atoms with van der Waals surface area (Å²) in [5, 5.41) is 10.3. The van der Waals surface area contributed by atoms with Crippen molar-refractivity contribution in [2.75, 3.05) is 7.11 Å². The topological polar surface area (TPSA) is 69.4 Å². The van der Waals surface area contributed by atoms with Crippen LogP contribution in [-0.2, 0) is 9.53 Å². The van der Waals surface area contributed by atoms with E-state index in [1.165, 1.54) is 7.11 Å². The van der Waals surface area contributed by atoms with Gasteiger partial charge in [-0.25, -0.2) is 4.79 Å². The van der Waals surface area contributed by atoms with Crippen molar-refractivity contribution in [2.24, 2.45) is 0 Å². The number of carbonyl (C=O) groups excluding carboxylic acids is 1. The van der Waals surface area contributed by atoms with E-state index in [0.29, 0.717) is 11.8 Å². The molecule has 1 rings (SSSR count). The van der Waals surface area contributed by atoms with Gasteiger partial charge in [0.05, 0.1) is 12.0 Å². The minimum absolute atomic E-state index is 0.0666. The number of hydrogen-bond donors (Lipinski definition) is 0. The van der Waals surface area contributed by atoms with Crippen LogP contribution in [0.4, 0.5) is 0 Å². The molecule has 78 valence electrons. The second-order valence-electron chi connectivity index (χ2n) is 2.69. The summed E-state index contributed by atoms with van der Waals surface area (Å²) in [4.78, 5) is 20.9. The molecular formula is C10H9NO4. The molecule has 1 aromatic carbocycles. The quantitative estimate of drug-likeness (QED) is 0.326. The van der Waals surface area contributed by atoms with Gasteiger partial charge < -0.3 is 4.74 Å². The predicted molar refractivity (Wildman–Crippen MR) is 53.4 cm³/mol. The molecule has 0 aliphatic carbocycles. The first-order valence-electron chi connectivity index (χ1n) is 4.14. The Morgan fingerprint density at radius 3 is 2.47 bits per heavy atom. The first-order chi connectivity index (χ1) is 7.15. The Labute approximate surface area is 86.1 Å². The highest BCUT2D eigenvalue weighted by molar-refractivity contribution is 6.15. The molecule has 0 unspecified atom stereocenters. The summed E-state index contributed by atoms with van der Waals surface area (Å²) in [5.41, 5.74) is 0.393. The number of rotatable bonds is 3. The van der Waals surface area contributed by atoms with Crippen molar-refractivity contribution in [2.45, 2.75) is 0 Å². The van der Waals surface area contributed by atoms with Crippen molar-refractivity contribution < 1.29 is 14.5 Å². The number of benzene rings is 1. The van der Waals surface area contributed by atoms with Crippen molar-refractivity contribution in [3.63, 3.8) is 0 Å². The molecule has 0 heterocycles. The lowest BCUT2D eigenvalue weighted by Crippen LogP contribution is -2.05. The Balaban J connectivity index is 3.13. The molecule has 0 bridgehead atoms. The first kappa shape index (κ1) is 10.9. The molecule has 5 heteroatoms. The number of nitro groups is 1. The Morgan fingerprint density at radius 1 is 1.40 bits per heavy atom. The zero-order valence-corrected chi connectivity index (χ0v) is 8.04. The molecule has 15 heavy (non-hydrogen) atoms. The van der Waals surface area contributed by atoms with Gasteiger partial charge in [0.15, 0.2) is 0 Å². The van der Waals surface area contributed by atoms with Crippen LogP contribution in [0.25, 0.3) is 5.57 Å². The fourth-order valence-electron chi connectivity index (χ4n) is 1.08. The Hall–Kier alpha value is -2.17. The fourth-order valence-corrected chi connectivity index (χ4v) is 1.08. The summed E-state index contributed by atoms with van der Waals surface area (Å²) in [5.74, 6) is -0.724. The van der Waals surface area contributed by atoms with Gasteiger partial charge in [-0.05, 0) is 5.56 Å². The van der Waals surface area contributed by atoms with Gasteiger partial charge in [0.25, 0.3) is 0 Å². The van der Waals surface area contributed by atoms with Gasteiger partial charge in [-0.1, -0.05) is 30.3 Å². The smallest absolute Gasteiger partial charge is 0.344 e. The van der Waals surface area contributed by atoms with E-state index in [4.69, 9.17) is 0 Å². The van der Waals surface area contributed by atoms with Gasteiger partial charge in [-0.3, -0.25) is 10.1 Å². The minimum Gasteiger partial charge on any atom is -0.465 e. The normalized spacial score (nSPS) is 10.9. The number of methoxy groups -OCH3 is 1. The second-order valence-corrected chi connectivity index (χ2v) is 2.69. The third-order valence-corrected chi connectivity index (χ3v) is 1.72. The maximum atomic E-state index is 11.3. The van der Waals surface area contributed by atoms with Gasteiger partial charge in [-0.2, -0.15) is 0 Å². The molecule has 0 radical (unpaired) electrons. The summed E-state index contributed by atoms with van der Waals surface area (Å²) in [7, 11) is 1.18. The molecule has 5 nitrogen and oxygen atoms in total. The van der Waals surface area contributed by atoms with Crippen LogP contribution in [0.3, 0.4) is 0 Å². The predicted octanol–water partition coefficient (Wildman–Crippen LogP) is 1.48. The number of ether oxygens (including phenoxy) is 1. The molecule has 0 atom stereocenters. The van der Waals surface area contributed by atoms with E-state index >= 15 is 0 Å². The second kappa shape index (κ2) is 4.90. The van der Waals surface area contributed by atoms with Crippen molar-refractivity contribution in [1.82, 2.24) is 0 Å². The lowest BCUT2D eigenvalue weighted by molar-refractivity contribution is -0.401. The van der Waals surface area contributed by atoms with E-state index in [1.54, 1.807) is 30.3 Å².